The first-order chi connectivity index (χ1) is 9.15. The molecule has 0 heterocycles. The van der Waals surface area contributed by atoms with Gasteiger partial charge in [0.15, 0.2) is 0 Å². The van der Waals surface area contributed by atoms with E-state index in [0.717, 1.165) is 36.3 Å². The van der Waals surface area contributed by atoms with E-state index in [4.69, 9.17) is 11.6 Å². The summed E-state index contributed by atoms with van der Waals surface area (Å²) in [4.78, 5) is 2.39. The third-order valence-electron chi connectivity index (χ3n) is 3.75. The molecular formula is C16H27ClN2. The van der Waals surface area contributed by atoms with Crippen LogP contribution in [-0.4, -0.2) is 20.1 Å². The summed E-state index contributed by atoms with van der Waals surface area (Å²) in [5, 5.41) is 4.01. The minimum Gasteiger partial charge on any atom is -0.370 e. The van der Waals surface area contributed by atoms with Crippen LogP contribution in [0.5, 0.6) is 0 Å². The van der Waals surface area contributed by atoms with E-state index in [9.17, 15) is 0 Å². The van der Waals surface area contributed by atoms with Crippen LogP contribution in [0.25, 0.3) is 0 Å². The van der Waals surface area contributed by atoms with Gasteiger partial charge in [0.2, 0.25) is 0 Å². The van der Waals surface area contributed by atoms with Gasteiger partial charge in [-0.3, -0.25) is 0 Å². The minimum absolute atomic E-state index is 0.744. The Balaban J connectivity index is 2.86. The number of nitrogens with zero attached hydrogens (tertiary/aromatic N) is 1. The second-order valence-electron chi connectivity index (χ2n) is 5.04. The Morgan fingerprint density at radius 1 is 1.21 bits per heavy atom. The Labute approximate surface area is 123 Å². The molecule has 0 bridgehead atoms. The molecule has 0 saturated heterocycles. The van der Waals surface area contributed by atoms with Crippen LogP contribution in [0.2, 0.25) is 5.02 Å². The smallest absolute Gasteiger partial charge is 0.0642 e. The maximum Gasteiger partial charge on any atom is 0.0642 e. The predicted octanol–water partition coefficient (Wildman–Crippen LogP) is 4.32. The van der Waals surface area contributed by atoms with Gasteiger partial charge in [-0.15, -0.1) is 0 Å². The summed E-state index contributed by atoms with van der Waals surface area (Å²) in [6.07, 6.45) is 2.45. The van der Waals surface area contributed by atoms with Gasteiger partial charge in [-0.1, -0.05) is 44.4 Å². The lowest BCUT2D eigenvalue weighted by Gasteiger charge is -2.28. The minimum atomic E-state index is 0.744. The predicted molar refractivity (Wildman–Crippen MR) is 86.2 cm³/mol. The molecule has 0 aromatic heterocycles. The van der Waals surface area contributed by atoms with Gasteiger partial charge in [0.1, 0.15) is 0 Å². The zero-order valence-electron chi connectivity index (χ0n) is 12.7. The van der Waals surface area contributed by atoms with Gasteiger partial charge >= 0.3 is 0 Å². The molecule has 1 N–H and O–H groups in total. The van der Waals surface area contributed by atoms with Gasteiger partial charge < -0.3 is 10.2 Å². The molecule has 0 fully saturated rings. The summed E-state index contributed by atoms with van der Waals surface area (Å²) in [5.41, 5.74) is 2.39. The molecule has 0 amide bonds. The van der Waals surface area contributed by atoms with Gasteiger partial charge in [0.05, 0.1) is 10.7 Å². The van der Waals surface area contributed by atoms with Crippen molar-refractivity contribution in [3.63, 3.8) is 0 Å². The molecule has 0 radical (unpaired) electrons. The average molecular weight is 283 g/mol. The van der Waals surface area contributed by atoms with Crippen LogP contribution in [0.3, 0.4) is 0 Å². The average Bonchev–Trinajstić information content (AvgIpc) is 2.42. The molecule has 0 saturated carbocycles. The summed E-state index contributed by atoms with van der Waals surface area (Å²) >= 11 is 6.44. The van der Waals surface area contributed by atoms with Crippen molar-refractivity contribution in [3.05, 3.63) is 28.8 Å². The van der Waals surface area contributed by atoms with Crippen molar-refractivity contribution in [2.45, 2.75) is 40.2 Å². The number of benzene rings is 1. The molecular weight excluding hydrogens is 256 g/mol. The highest BCUT2D eigenvalue weighted by Gasteiger charge is 2.13. The quantitative estimate of drug-likeness (QED) is 0.764. The van der Waals surface area contributed by atoms with Crippen LogP contribution in [0.4, 0.5) is 5.69 Å². The summed E-state index contributed by atoms with van der Waals surface area (Å²) in [5.74, 6) is 0.744. The molecule has 2 nitrogen and oxygen atoms in total. The lowest BCUT2D eigenvalue weighted by molar-refractivity contribution is 0.486. The molecule has 19 heavy (non-hydrogen) atoms. The third kappa shape index (κ3) is 4.70. The number of rotatable bonds is 8. The van der Waals surface area contributed by atoms with E-state index in [1.54, 1.807) is 0 Å². The first kappa shape index (κ1) is 16.3. The zero-order valence-corrected chi connectivity index (χ0v) is 13.4. The Bertz CT molecular complexity index is 375. The zero-order chi connectivity index (χ0) is 14.3. The second kappa shape index (κ2) is 8.44. The van der Waals surface area contributed by atoms with Crippen LogP contribution in [-0.2, 0) is 6.54 Å². The van der Waals surface area contributed by atoms with Crippen LogP contribution < -0.4 is 10.2 Å². The number of halogens is 1. The van der Waals surface area contributed by atoms with Crippen LogP contribution >= 0.6 is 11.6 Å². The Hall–Kier alpha value is -0.730. The van der Waals surface area contributed by atoms with Gasteiger partial charge in [-0.2, -0.15) is 0 Å². The fourth-order valence-corrected chi connectivity index (χ4v) is 2.70. The van der Waals surface area contributed by atoms with E-state index in [0.29, 0.717) is 0 Å². The van der Waals surface area contributed by atoms with E-state index >= 15 is 0 Å². The number of nitrogens with one attached hydrogen (secondary N) is 1. The van der Waals surface area contributed by atoms with E-state index in [1.165, 1.54) is 18.4 Å². The molecule has 1 aromatic rings. The van der Waals surface area contributed by atoms with E-state index in [-0.39, 0.29) is 0 Å². The van der Waals surface area contributed by atoms with Crippen molar-refractivity contribution in [2.75, 3.05) is 25.0 Å². The van der Waals surface area contributed by atoms with E-state index in [1.807, 2.05) is 7.05 Å². The van der Waals surface area contributed by atoms with Gasteiger partial charge in [-0.05, 0) is 37.6 Å². The van der Waals surface area contributed by atoms with Gasteiger partial charge in [0.25, 0.3) is 0 Å². The van der Waals surface area contributed by atoms with E-state index < -0.39 is 0 Å². The SMILES string of the molecule is CCC(CC)CN(CC)c1ccc(CNC)cc1Cl. The lowest BCUT2D eigenvalue weighted by atomic mass is 10.0. The number of hydrogen-bond donors (Lipinski definition) is 1. The molecule has 0 unspecified atom stereocenters. The summed E-state index contributed by atoms with van der Waals surface area (Å²) in [6.45, 7) is 9.67. The van der Waals surface area contributed by atoms with Gasteiger partial charge in [-0.25, -0.2) is 0 Å². The largest absolute Gasteiger partial charge is 0.370 e. The molecule has 0 spiro atoms. The summed E-state index contributed by atoms with van der Waals surface area (Å²) in [7, 11) is 1.95. The van der Waals surface area contributed by atoms with Crippen molar-refractivity contribution in [3.8, 4) is 0 Å². The number of hydrogen-bond acceptors (Lipinski definition) is 2. The molecule has 108 valence electrons. The third-order valence-corrected chi connectivity index (χ3v) is 4.05. The molecule has 3 heteroatoms. The molecule has 1 rings (SSSR count). The van der Waals surface area contributed by atoms with Crippen molar-refractivity contribution in [2.24, 2.45) is 5.92 Å². The highest BCUT2D eigenvalue weighted by atomic mass is 35.5. The Morgan fingerprint density at radius 2 is 1.89 bits per heavy atom. The highest BCUT2D eigenvalue weighted by Crippen LogP contribution is 2.28. The van der Waals surface area contributed by atoms with Crippen molar-refractivity contribution >= 4 is 17.3 Å². The summed E-state index contributed by atoms with van der Waals surface area (Å²) in [6, 6.07) is 6.39. The van der Waals surface area contributed by atoms with E-state index in [2.05, 4.69) is 49.2 Å². The van der Waals surface area contributed by atoms with Crippen molar-refractivity contribution < 1.29 is 0 Å². The first-order valence-electron chi connectivity index (χ1n) is 7.34. The second-order valence-corrected chi connectivity index (χ2v) is 5.44. The fraction of sp³-hybridized carbons (Fsp3) is 0.625. The Kier molecular flexibility index (Phi) is 7.25. The molecule has 0 aliphatic heterocycles. The van der Waals surface area contributed by atoms with Crippen LogP contribution in [0.15, 0.2) is 18.2 Å². The number of anilines is 1. The summed E-state index contributed by atoms with van der Waals surface area (Å²) < 4.78 is 0. The molecule has 1 aromatic carbocycles. The van der Waals surface area contributed by atoms with Gasteiger partial charge in [0, 0.05) is 19.6 Å². The van der Waals surface area contributed by atoms with Crippen molar-refractivity contribution in [1.82, 2.24) is 5.32 Å². The lowest BCUT2D eigenvalue weighted by Crippen LogP contribution is -2.29. The Morgan fingerprint density at radius 3 is 2.37 bits per heavy atom. The molecule has 0 aliphatic rings. The van der Waals surface area contributed by atoms with Crippen molar-refractivity contribution in [1.29, 1.82) is 0 Å². The monoisotopic (exact) mass is 282 g/mol. The van der Waals surface area contributed by atoms with Crippen LogP contribution in [0, 0.1) is 5.92 Å². The fourth-order valence-electron chi connectivity index (χ4n) is 2.38. The van der Waals surface area contributed by atoms with Crippen LogP contribution in [0.1, 0.15) is 39.2 Å². The normalized spacial score (nSPS) is 11.1. The maximum atomic E-state index is 6.44. The standard InChI is InChI=1S/C16H27ClN2/c1-5-13(6-2)12-19(7-3)16-9-8-14(11-18-4)10-15(16)17/h8-10,13,18H,5-7,11-12H2,1-4H3. The topological polar surface area (TPSA) is 15.3 Å². The molecule has 0 aliphatic carbocycles. The molecule has 0 atom stereocenters. The maximum absolute atomic E-state index is 6.44. The first-order valence-corrected chi connectivity index (χ1v) is 7.71. The highest BCUT2D eigenvalue weighted by molar-refractivity contribution is 6.33.